The minimum Gasteiger partial charge on any atom is -0.299 e. The Morgan fingerprint density at radius 3 is 2.50 bits per heavy atom. The van der Waals surface area contributed by atoms with Crippen LogP contribution in [0.4, 0.5) is 0 Å². The lowest BCUT2D eigenvalue weighted by Gasteiger charge is -2.11. The first-order chi connectivity index (χ1) is 16.6. The van der Waals surface area contributed by atoms with Crippen molar-refractivity contribution in [2.45, 2.75) is 66.0 Å². The van der Waals surface area contributed by atoms with Crippen LogP contribution >= 0.6 is 0 Å². The van der Waals surface area contributed by atoms with Crippen LogP contribution in [0, 0.1) is 5.92 Å². The molecule has 178 valence electrons. The van der Waals surface area contributed by atoms with Crippen molar-refractivity contribution >= 4 is 0 Å². The summed E-state index contributed by atoms with van der Waals surface area (Å²) in [5.41, 5.74) is 5.41. The molecule has 0 aliphatic carbocycles. The van der Waals surface area contributed by atoms with E-state index in [1.165, 1.54) is 12.8 Å². The number of aryl methyl sites for hydroxylation is 2. The lowest BCUT2D eigenvalue weighted by molar-refractivity contribution is 0.502. The zero-order chi connectivity index (χ0) is 23.9. The van der Waals surface area contributed by atoms with Crippen molar-refractivity contribution in [3.63, 3.8) is 0 Å². The molecule has 0 N–H and O–H groups in total. The van der Waals surface area contributed by atoms with Crippen LogP contribution in [0.15, 0.2) is 65.8 Å². The first-order valence-electron chi connectivity index (χ1n) is 12.3. The number of rotatable bonds is 11. The van der Waals surface area contributed by atoms with Crippen LogP contribution in [0.2, 0.25) is 0 Å². The summed E-state index contributed by atoms with van der Waals surface area (Å²) < 4.78 is 5.53. The van der Waals surface area contributed by atoms with Crippen LogP contribution < -0.4 is 5.69 Å². The molecule has 0 unspecified atom stereocenters. The van der Waals surface area contributed by atoms with Crippen molar-refractivity contribution < 1.29 is 0 Å². The van der Waals surface area contributed by atoms with Crippen molar-refractivity contribution in [1.29, 1.82) is 0 Å². The van der Waals surface area contributed by atoms with Crippen molar-refractivity contribution in [2.75, 3.05) is 0 Å². The van der Waals surface area contributed by atoms with Gasteiger partial charge in [0.1, 0.15) is 6.33 Å². The molecule has 0 fully saturated rings. The number of aromatic nitrogens is 6. The first kappa shape index (κ1) is 23.7. The predicted molar refractivity (Wildman–Crippen MR) is 135 cm³/mol. The van der Waals surface area contributed by atoms with E-state index < -0.39 is 0 Å². The Bertz CT molecular complexity index is 1240. The highest BCUT2D eigenvalue weighted by atomic mass is 16.1. The summed E-state index contributed by atoms with van der Waals surface area (Å²) in [5, 5.41) is 11.6. The summed E-state index contributed by atoms with van der Waals surface area (Å²) in [6.45, 7) is 7.97. The summed E-state index contributed by atoms with van der Waals surface area (Å²) in [6.07, 6.45) is 9.09. The standard InChI is InChI=1S/C27H34N6O/c1-4-5-6-9-24-19-31(17-16-21(2)3)27(34)32(24)18-22-12-14-23(15-13-22)25-10-7-8-11-26(25)33-20-28-29-30-33/h7-8,10-15,19-21H,4-6,9,16-18H2,1-3H3. The fourth-order valence-electron chi connectivity index (χ4n) is 4.23. The normalized spacial score (nSPS) is 11.4. The number of nitrogens with zero attached hydrogens (tertiary/aromatic N) is 6. The van der Waals surface area contributed by atoms with Gasteiger partial charge in [-0.1, -0.05) is 76.1 Å². The summed E-state index contributed by atoms with van der Waals surface area (Å²) in [7, 11) is 0. The Kier molecular flexibility index (Phi) is 7.72. The van der Waals surface area contributed by atoms with Crippen LogP contribution in [0.5, 0.6) is 0 Å². The summed E-state index contributed by atoms with van der Waals surface area (Å²) in [6, 6.07) is 16.5. The van der Waals surface area contributed by atoms with Gasteiger partial charge in [0.2, 0.25) is 0 Å². The van der Waals surface area contributed by atoms with E-state index in [1.54, 1.807) is 11.0 Å². The molecule has 0 aliphatic heterocycles. The van der Waals surface area contributed by atoms with Crippen LogP contribution in [0.3, 0.4) is 0 Å². The fourth-order valence-corrected chi connectivity index (χ4v) is 4.23. The molecule has 0 atom stereocenters. The molecule has 7 nitrogen and oxygen atoms in total. The molecule has 0 saturated carbocycles. The highest BCUT2D eigenvalue weighted by Crippen LogP contribution is 2.26. The van der Waals surface area contributed by atoms with Crippen LogP contribution in [-0.4, -0.2) is 29.3 Å². The number of tetrazole rings is 1. The van der Waals surface area contributed by atoms with Gasteiger partial charge in [0.05, 0.1) is 12.2 Å². The average Bonchev–Trinajstić information content (AvgIpc) is 3.48. The third-order valence-electron chi connectivity index (χ3n) is 6.22. The lowest BCUT2D eigenvalue weighted by atomic mass is 10.0. The largest absolute Gasteiger partial charge is 0.328 e. The summed E-state index contributed by atoms with van der Waals surface area (Å²) in [5.74, 6) is 0.572. The van der Waals surface area contributed by atoms with Crippen molar-refractivity contribution in [3.05, 3.63) is 82.8 Å². The van der Waals surface area contributed by atoms with E-state index in [9.17, 15) is 4.79 Å². The van der Waals surface area contributed by atoms with Gasteiger partial charge in [-0.3, -0.25) is 9.13 Å². The van der Waals surface area contributed by atoms with E-state index in [0.717, 1.165) is 53.9 Å². The molecule has 0 spiro atoms. The van der Waals surface area contributed by atoms with E-state index in [-0.39, 0.29) is 5.69 Å². The number of para-hydroxylation sites is 1. The number of hydrogen-bond acceptors (Lipinski definition) is 4. The maximum absolute atomic E-state index is 13.2. The van der Waals surface area contributed by atoms with Gasteiger partial charge < -0.3 is 0 Å². The molecule has 0 aliphatic rings. The van der Waals surface area contributed by atoms with Gasteiger partial charge in [-0.05, 0) is 52.8 Å². The highest BCUT2D eigenvalue weighted by Gasteiger charge is 2.13. The average molecular weight is 459 g/mol. The second-order valence-corrected chi connectivity index (χ2v) is 9.29. The third-order valence-corrected chi connectivity index (χ3v) is 6.22. The SMILES string of the molecule is CCCCCc1cn(CCC(C)C)c(=O)n1Cc1ccc(-c2ccccc2-n2cnnn2)cc1. The zero-order valence-electron chi connectivity index (χ0n) is 20.4. The van der Waals surface area contributed by atoms with E-state index in [2.05, 4.69) is 72.8 Å². The van der Waals surface area contributed by atoms with Crippen molar-refractivity contribution in [3.8, 4) is 16.8 Å². The molecular formula is C27H34N6O. The summed E-state index contributed by atoms with van der Waals surface area (Å²) in [4.78, 5) is 13.2. The Labute approximate surface area is 201 Å². The van der Waals surface area contributed by atoms with Gasteiger partial charge in [0, 0.05) is 24.0 Å². The van der Waals surface area contributed by atoms with Gasteiger partial charge in [-0.15, -0.1) is 5.10 Å². The molecule has 4 rings (SSSR count). The molecule has 4 aromatic rings. The molecule has 0 bridgehead atoms. The Balaban J connectivity index is 1.58. The van der Waals surface area contributed by atoms with Crippen molar-refractivity contribution in [2.24, 2.45) is 5.92 Å². The molecule has 2 aromatic heterocycles. The molecule has 0 saturated heterocycles. The van der Waals surface area contributed by atoms with Gasteiger partial charge in [-0.2, -0.15) is 4.68 Å². The maximum Gasteiger partial charge on any atom is 0.328 e. The maximum atomic E-state index is 13.2. The molecule has 0 radical (unpaired) electrons. The first-order valence-corrected chi connectivity index (χ1v) is 12.3. The van der Waals surface area contributed by atoms with Crippen LogP contribution in [-0.2, 0) is 19.5 Å². The van der Waals surface area contributed by atoms with E-state index in [4.69, 9.17) is 0 Å². The molecule has 34 heavy (non-hydrogen) atoms. The zero-order valence-corrected chi connectivity index (χ0v) is 20.4. The Morgan fingerprint density at radius 1 is 1.00 bits per heavy atom. The molecule has 2 heterocycles. The van der Waals surface area contributed by atoms with Crippen molar-refractivity contribution in [1.82, 2.24) is 29.3 Å². The van der Waals surface area contributed by atoms with Crippen LogP contribution in [0.1, 0.15) is 57.7 Å². The number of imidazole rings is 1. The molecular weight excluding hydrogens is 424 g/mol. The topological polar surface area (TPSA) is 70.5 Å². The summed E-state index contributed by atoms with van der Waals surface area (Å²) >= 11 is 0. The fraction of sp³-hybridized carbons (Fsp3) is 0.407. The Morgan fingerprint density at radius 2 is 1.79 bits per heavy atom. The van der Waals surface area contributed by atoms with Gasteiger partial charge in [0.25, 0.3) is 0 Å². The number of benzene rings is 2. The van der Waals surface area contributed by atoms with E-state index in [1.807, 2.05) is 27.3 Å². The van der Waals surface area contributed by atoms with E-state index in [0.29, 0.717) is 12.5 Å². The van der Waals surface area contributed by atoms with E-state index >= 15 is 0 Å². The molecule has 7 heteroatoms. The van der Waals surface area contributed by atoms with Crippen LogP contribution in [0.25, 0.3) is 16.8 Å². The number of unbranched alkanes of at least 4 members (excludes halogenated alkanes) is 2. The Hall–Kier alpha value is -3.48. The minimum atomic E-state index is 0.0975. The molecule has 2 aromatic carbocycles. The second-order valence-electron chi connectivity index (χ2n) is 9.29. The van der Waals surface area contributed by atoms with Gasteiger partial charge in [0.15, 0.2) is 0 Å². The molecule has 0 amide bonds. The second kappa shape index (κ2) is 11.1. The number of hydrogen-bond donors (Lipinski definition) is 0. The lowest BCUT2D eigenvalue weighted by Crippen LogP contribution is -2.26. The quantitative estimate of drug-likeness (QED) is 0.293. The highest BCUT2D eigenvalue weighted by molar-refractivity contribution is 5.72. The smallest absolute Gasteiger partial charge is 0.299 e. The van der Waals surface area contributed by atoms with Gasteiger partial charge in [-0.25, -0.2) is 4.79 Å². The van der Waals surface area contributed by atoms with Gasteiger partial charge >= 0.3 is 5.69 Å². The third kappa shape index (κ3) is 5.53. The minimum absolute atomic E-state index is 0.0975. The monoisotopic (exact) mass is 458 g/mol. The predicted octanol–water partition coefficient (Wildman–Crippen LogP) is 5.12.